The minimum atomic E-state index is -0.375. The van der Waals surface area contributed by atoms with Gasteiger partial charge in [-0.15, -0.1) is 0 Å². The molecule has 0 atom stereocenters. The first-order chi connectivity index (χ1) is 11.3. The molecule has 0 aromatic heterocycles. The zero-order valence-corrected chi connectivity index (χ0v) is 15.7. The number of rotatable bonds is 3. The third-order valence-corrected chi connectivity index (χ3v) is 5.48. The van der Waals surface area contributed by atoms with Gasteiger partial charge in [-0.2, -0.15) is 0 Å². The summed E-state index contributed by atoms with van der Waals surface area (Å²) in [5.74, 6) is 1.97. The van der Waals surface area contributed by atoms with Crippen LogP contribution in [0.5, 0.6) is 11.5 Å². The Morgan fingerprint density at radius 3 is 2.79 bits per heavy atom. The van der Waals surface area contributed by atoms with Crippen LogP contribution in [0.25, 0.3) is 0 Å². The third kappa shape index (κ3) is 3.98. The lowest BCUT2D eigenvalue weighted by Gasteiger charge is -2.31. The molecule has 0 N–H and O–H groups in total. The second kappa shape index (κ2) is 6.84. The van der Waals surface area contributed by atoms with E-state index in [1.165, 1.54) is 25.0 Å². The molecule has 24 heavy (non-hydrogen) atoms. The molecule has 1 saturated heterocycles. The number of carbonyl (C=O) groups excluding carboxylic acids is 1. The van der Waals surface area contributed by atoms with Gasteiger partial charge in [0.2, 0.25) is 0 Å². The quantitative estimate of drug-likeness (QED) is 0.767. The monoisotopic (exact) mass is 350 g/mol. The van der Waals surface area contributed by atoms with Crippen molar-refractivity contribution in [1.29, 1.82) is 0 Å². The van der Waals surface area contributed by atoms with Gasteiger partial charge in [-0.1, -0.05) is 19.1 Å². The molecule has 2 aliphatic heterocycles. The van der Waals surface area contributed by atoms with Gasteiger partial charge in [0.05, 0.1) is 0 Å². The standard InChI is InChI=1S/C18H26N2O3S/c1-13-8-10-20(11-9-13)24-19(4)17(21)22-15-7-5-6-14-12-18(2,3)23-16(14)15/h5-7,13H,8-12H2,1-4H3. The maximum Gasteiger partial charge on any atom is 0.426 e. The van der Waals surface area contributed by atoms with E-state index < -0.39 is 0 Å². The Balaban J connectivity index is 1.60. The second-order valence-electron chi connectivity index (χ2n) is 7.34. The van der Waals surface area contributed by atoms with Gasteiger partial charge < -0.3 is 9.47 Å². The Morgan fingerprint density at radius 2 is 2.08 bits per heavy atom. The molecule has 0 spiro atoms. The Hall–Kier alpha value is -1.40. The van der Waals surface area contributed by atoms with Crippen molar-refractivity contribution in [1.82, 2.24) is 8.61 Å². The molecule has 1 fully saturated rings. The summed E-state index contributed by atoms with van der Waals surface area (Å²) < 4.78 is 15.3. The van der Waals surface area contributed by atoms with Crippen molar-refractivity contribution in [3.8, 4) is 11.5 Å². The molecule has 0 aliphatic carbocycles. The number of hydrogen-bond acceptors (Lipinski definition) is 5. The van der Waals surface area contributed by atoms with E-state index in [0.717, 1.165) is 31.0 Å². The zero-order valence-electron chi connectivity index (χ0n) is 14.9. The lowest BCUT2D eigenvalue weighted by atomic mass is 10.0. The Labute approximate surface area is 148 Å². The molecule has 2 heterocycles. The molecule has 5 nitrogen and oxygen atoms in total. The minimum Gasteiger partial charge on any atom is -0.483 e. The van der Waals surface area contributed by atoms with Crippen LogP contribution in [0.15, 0.2) is 18.2 Å². The van der Waals surface area contributed by atoms with Crippen molar-refractivity contribution in [2.45, 2.75) is 45.6 Å². The molecule has 0 saturated carbocycles. The SMILES string of the molecule is CC1CCN(SN(C)C(=O)Oc2cccc3c2OC(C)(C)C3)CC1. The summed E-state index contributed by atoms with van der Waals surface area (Å²) in [6.45, 7) is 8.36. The largest absolute Gasteiger partial charge is 0.483 e. The van der Waals surface area contributed by atoms with Crippen molar-refractivity contribution < 1.29 is 14.3 Å². The summed E-state index contributed by atoms with van der Waals surface area (Å²) in [5, 5.41) is 0. The first-order valence-corrected chi connectivity index (χ1v) is 9.26. The van der Waals surface area contributed by atoms with Crippen LogP contribution >= 0.6 is 12.1 Å². The summed E-state index contributed by atoms with van der Waals surface area (Å²) in [6.07, 6.45) is 2.79. The van der Waals surface area contributed by atoms with Crippen molar-refractivity contribution >= 4 is 18.2 Å². The Bertz CT molecular complexity index is 612. The van der Waals surface area contributed by atoms with Crippen LogP contribution in [0, 0.1) is 5.92 Å². The highest BCUT2D eigenvalue weighted by molar-refractivity contribution is 7.95. The molecule has 0 radical (unpaired) electrons. The molecule has 1 aromatic carbocycles. The van der Waals surface area contributed by atoms with Gasteiger partial charge in [-0.25, -0.2) is 13.4 Å². The zero-order chi connectivity index (χ0) is 17.3. The Morgan fingerprint density at radius 1 is 1.38 bits per heavy atom. The average molecular weight is 350 g/mol. The fourth-order valence-electron chi connectivity index (χ4n) is 3.10. The van der Waals surface area contributed by atoms with E-state index in [-0.39, 0.29) is 11.7 Å². The van der Waals surface area contributed by atoms with Gasteiger partial charge in [0.1, 0.15) is 5.60 Å². The summed E-state index contributed by atoms with van der Waals surface area (Å²) in [4.78, 5) is 12.4. The lowest BCUT2D eigenvalue weighted by Crippen LogP contribution is -2.34. The van der Waals surface area contributed by atoms with Gasteiger partial charge in [0.15, 0.2) is 11.5 Å². The molecule has 0 bridgehead atoms. The molecule has 2 aliphatic rings. The molecule has 6 heteroatoms. The van der Waals surface area contributed by atoms with Gasteiger partial charge in [-0.05, 0) is 38.7 Å². The van der Waals surface area contributed by atoms with Crippen LogP contribution in [-0.4, -0.2) is 40.4 Å². The average Bonchev–Trinajstić information content (AvgIpc) is 2.84. The maximum atomic E-state index is 12.4. The van der Waals surface area contributed by atoms with Crippen LogP contribution in [0.1, 0.15) is 39.2 Å². The van der Waals surface area contributed by atoms with E-state index in [1.54, 1.807) is 17.4 Å². The maximum absolute atomic E-state index is 12.4. The van der Waals surface area contributed by atoms with Crippen molar-refractivity contribution in [2.24, 2.45) is 5.92 Å². The number of fused-ring (bicyclic) bond motifs is 1. The smallest absolute Gasteiger partial charge is 0.426 e. The van der Waals surface area contributed by atoms with Crippen LogP contribution in [0.3, 0.4) is 0 Å². The summed E-state index contributed by atoms with van der Waals surface area (Å²) in [6, 6.07) is 5.72. The van der Waals surface area contributed by atoms with Crippen molar-refractivity contribution in [3.63, 3.8) is 0 Å². The summed E-state index contributed by atoms with van der Waals surface area (Å²) >= 11 is 1.43. The fraction of sp³-hybridized carbons (Fsp3) is 0.611. The highest BCUT2D eigenvalue weighted by atomic mass is 32.2. The second-order valence-corrected chi connectivity index (χ2v) is 8.57. The minimum absolute atomic E-state index is 0.254. The molecule has 1 amide bonds. The number of piperidine rings is 1. The van der Waals surface area contributed by atoms with E-state index in [2.05, 4.69) is 11.2 Å². The molecule has 0 unspecified atom stereocenters. The van der Waals surface area contributed by atoms with Crippen LogP contribution in [-0.2, 0) is 6.42 Å². The normalized spacial score (nSPS) is 20.3. The van der Waals surface area contributed by atoms with Crippen molar-refractivity contribution in [3.05, 3.63) is 23.8 Å². The highest BCUT2D eigenvalue weighted by Gasteiger charge is 2.33. The number of nitrogens with zero attached hydrogens (tertiary/aromatic N) is 2. The van der Waals surface area contributed by atoms with E-state index in [9.17, 15) is 4.79 Å². The first kappa shape index (κ1) is 17.4. The van der Waals surface area contributed by atoms with Gasteiger partial charge in [0.25, 0.3) is 0 Å². The number of benzene rings is 1. The first-order valence-electron chi connectivity index (χ1n) is 8.53. The fourth-order valence-corrected chi connectivity index (χ4v) is 3.92. The predicted octanol–water partition coefficient (Wildman–Crippen LogP) is 4.13. The van der Waals surface area contributed by atoms with Gasteiger partial charge in [0, 0.05) is 44.3 Å². The number of hydrogen-bond donors (Lipinski definition) is 0. The molecular formula is C18H26N2O3S. The highest BCUT2D eigenvalue weighted by Crippen LogP contribution is 2.42. The Kier molecular flexibility index (Phi) is 4.97. The van der Waals surface area contributed by atoms with E-state index in [0.29, 0.717) is 11.5 Å². The molecule has 1 aromatic rings. The van der Waals surface area contributed by atoms with Crippen LogP contribution in [0.4, 0.5) is 4.79 Å². The number of amides is 1. The summed E-state index contributed by atoms with van der Waals surface area (Å²) in [7, 11) is 1.75. The lowest BCUT2D eigenvalue weighted by molar-refractivity contribution is 0.131. The van der Waals surface area contributed by atoms with Gasteiger partial charge in [-0.3, -0.25) is 0 Å². The van der Waals surface area contributed by atoms with E-state index in [4.69, 9.17) is 9.47 Å². The summed E-state index contributed by atoms with van der Waals surface area (Å²) in [5.41, 5.74) is 0.835. The number of para-hydroxylation sites is 1. The number of ether oxygens (including phenoxy) is 2. The van der Waals surface area contributed by atoms with Crippen LogP contribution in [0.2, 0.25) is 0 Å². The van der Waals surface area contributed by atoms with Gasteiger partial charge >= 0.3 is 6.09 Å². The number of carbonyl (C=O) groups is 1. The molecule has 3 rings (SSSR count). The van der Waals surface area contributed by atoms with E-state index in [1.807, 2.05) is 26.0 Å². The van der Waals surface area contributed by atoms with E-state index >= 15 is 0 Å². The van der Waals surface area contributed by atoms with Crippen LogP contribution < -0.4 is 9.47 Å². The van der Waals surface area contributed by atoms with Crippen molar-refractivity contribution in [2.75, 3.05) is 20.1 Å². The molecule has 132 valence electrons. The third-order valence-electron chi connectivity index (χ3n) is 4.49. The predicted molar refractivity (Wildman–Crippen MR) is 96.2 cm³/mol. The topological polar surface area (TPSA) is 42.0 Å². The molecular weight excluding hydrogens is 324 g/mol.